The second kappa shape index (κ2) is 5.13. The fourth-order valence-electron chi connectivity index (χ4n) is 0.623. The Labute approximate surface area is 72.2 Å². The summed E-state index contributed by atoms with van der Waals surface area (Å²) >= 11 is 0. The molecule has 1 N–H and O–H groups in total. The lowest BCUT2D eigenvalue weighted by Crippen LogP contribution is -1.95. The second-order valence-electron chi connectivity index (χ2n) is 2.24. The zero-order valence-corrected chi connectivity index (χ0v) is 7.08. The van der Waals surface area contributed by atoms with Gasteiger partial charge in [0.1, 0.15) is 0 Å². The molecule has 0 aliphatic heterocycles. The summed E-state index contributed by atoms with van der Waals surface area (Å²) in [6.07, 6.45) is 6.40. The molecular formula is C10H12O2. The summed E-state index contributed by atoms with van der Waals surface area (Å²) in [6.45, 7) is 8.57. The van der Waals surface area contributed by atoms with E-state index in [-0.39, 0.29) is 5.57 Å². The largest absolute Gasteiger partial charge is 0.478 e. The van der Waals surface area contributed by atoms with Crippen molar-refractivity contribution in [3.8, 4) is 0 Å². The van der Waals surface area contributed by atoms with E-state index in [0.29, 0.717) is 0 Å². The van der Waals surface area contributed by atoms with Crippen molar-refractivity contribution in [2.45, 2.75) is 6.92 Å². The quantitative estimate of drug-likeness (QED) is 0.511. The summed E-state index contributed by atoms with van der Waals surface area (Å²) < 4.78 is 0. The van der Waals surface area contributed by atoms with Crippen LogP contribution >= 0.6 is 0 Å². The molecule has 0 fully saturated rings. The summed E-state index contributed by atoms with van der Waals surface area (Å²) in [7, 11) is 0. The molecule has 0 aliphatic rings. The molecule has 0 aromatic rings. The van der Waals surface area contributed by atoms with Crippen LogP contribution in [0.2, 0.25) is 0 Å². The smallest absolute Gasteiger partial charge is 0.331 e. The minimum atomic E-state index is -0.924. The van der Waals surface area contributed by atoms with Gasteiger partial charge in [0.2, 0.25) is 0 Å². The zero-order valence-electron chi connectivity index (χ0n) is 7.08. The molecule has 0 radical (unpaired) electrons. The molecule has 0 aliphatic carbocycles. The van der Waals surface area contributed by atoms with Crippen LogP contribution in [0, 0.1) is 0 Å². The van der Waals surface area contributed by atoms with Crippen molar-refractivity contribution in [1.82, 2.24) is 0 Å². The number of aliphatic carboxylic acids is 1. The molecular weight excluding hydrogens is 152 g/mol. The van der Waals surface area contributed by atoms with Gasteiger partial charge in [0.05, 0.1) is 0 Å². The standard InChI is InChI=1S/C10H12O2/c1-4-6-9(5-2)7-8(3)10(11)12/h4-7H,1-2H2,3H3,(H,11,12)/b8-7+,9-6+. The van der Waals surface area contributed by atoms with Crippen molar-refractivity contribution in [2.24, 2.45) is 0 Å². The maximum atomic E-state index is 10.4. The summed E-state index contributed by atoms with van der Waals surface area (Å²) in [5.74, 6) is -0.924. The summed E-state index contributed by atoms with van der Waals surface area (Å²) in [4.78, 5) is 10.4. The van der Waals surface area contributed by atoms with E-state index in [1.54, 1.807) is 18.2 Å². The Bertz CT molecular complexity index is 257. The zero-order chi connectivity index (χ0) is 9.56. The molecule has 0 saturated heterocycles. The fraction of sp³-hybridized carbons (Fsp3) is 0.100. The first-order chi connectivity index (χ1) is 5.61. The fourth-order valence-corrected chi connectivity index (χ4v) is 0.623. The van der Waals surface area contributed by atoms with Crippen LogP contribution in [-0.2, 0) is 4.79 Å². The molecule has 0 saturated carbocycles. The molecule has 2 heteroatoms. The minimum absolute atomic E-state index is 0.281. The highest BCUT2D eigenvalue weighted by atomic mass is 16.4. The van der Waals surface area contributed by atoms with E-state index >= 15 is 0 Å². The number of hydrogen-bond donors (Lipinski definition) is 1. The highest BCUT2D eigenvalue weighted by molar-refractivity contribution is 5.86. The number of allylic oxidation sites excluding steroid dienone is 5. The molecule has 0 spiro atoms. The van der Waals surface area contributed by atoms with Gasteiger partial charge in [-0.2, -0.15) is 0 Å². The monoisotopic (exact) mass is 164 g/mol. The van der Waals surface area contributed by atoms with Gasteiger partial charge in [-0.1, -0.05) is 31.4 Å². The molecule has 0 atom stereocenters. The van der Waals surface area contributed by atoms with Gasteiger partial charge >= 0.3 is 5.97 Å². The molecule has 64 valence electrons. The third kappa shape index (κ3) is 3.56. The van der Waals surface area contributed by atoms with Crippen molar-refractivity contribution < 1.29 is 9.90 Å². The van der Waals surface area contributed by atoms with Crippen LogP contribution in [0.25, 0.3) is 0 Å². The van der Waals surface area contributed by atoms with E-state index in [1.165, 1.54) is 13.0 Å². The highest BCUT2D eigenvalue weighted by Crippen LogP contribution is 2.03. The van der Waals surface area contributed by atoms with Crippen LogP contribution in [0.5, 0.6) is 0 Å². The van der Waals surface area contributed by atoms with Gasteiger partial charge in [-0.15, -0.1) is 0 Å². The number of rotatable bonds is 4. The molecule has 0 aromatic heterocycles. The van der Waals surface area contributed by atoms with Crippen molar-refractivity contribution in [1.29, 1.82) is 0 Å². The van der Waals surface area contributed by atoms with E-state index in [9.17, 15) is 4.79 Å². The summed E-state index contributed by atoms with van der Waals surface area (Å²) in [6, 6.07) is 0. The topological polar surface area (TPSA) is 37.3 Å². The average Bonchev–Trinajstić information content (AvgIpc) is 2.03. The SMILES string of the molecule is C=C/C=C(C=C)/C=C(\C)C(=O)O. The van der Waals surface area contributed by atoms with E-state index in [2.05, 4.69) is 13.2 Å². The Morgan fingerprint density at radius 3 is 2.33 bits per heavy atom. The summed E-state index contributed by atoms with van der Waals surface area (Å²) in [5, 5.41) is 8.54. The predicted molar refractivity (Wildman–Crippen MR) is 49.9 cm³/mol. The van der Waals surface area contributed by atoms with Crippen LogP contribution in [0.4, 0.5) is 0 Å². The number of hydrogen-bond acceptors (Lipinski definition) is 1. The van der Waals surface area contributed by atoms with Crippen molar-refractivity contribution >= 4 is 5.97 Å². The second-order valence-corrected chi connectivity index (χ2v) is 2.24. The molecule has 0 aromatic carbocycles. The number of carbonyl (C=O) groups is 1. The molecule has 0 heterocycles. The van der Waals surface area contributed by atoms with Gasteiger partial charge in [0.15, 0.2) is 0 Å². The Balaban J connectivity index is 4.69. The van der Waals surface area contributed by atoms with Gasteiger partial charge in [-0.3, -0.25) is 0 Å². The van der Waals surface area contributed by atoms with Crippen molar-refractivity contribution in [2.75, 3.05) is 0 Å². The van der Waals surface area contributed by atoms with E-state index in [0.717, 1.165) is 5.57 Å². The van der Waals surface area contributed by atoms with Crippen LogP contribution < -0.4 is 0 Å². The first kappa shape index (κ1) is 10.4. The maximum Gasteiger partial charge on any atom is 0.331 e. The van der Waals surface area contributed by atoms with Gasteiger partial charge in [-0.25, -0.2) is 4.79 Å². The maximum absolute atomic E-state index is 10.4. The van der Waals surface area contributed by atoms with Gasteiger partial charge in [-0.05, 0) is 18.6 Å². The Morgan fingerprint density at radius 1 is 1.42 bits per heavy atom. The first-order valence-electron chi connectivity index (χ1n) is 3.48. The minimum Gasteiger partial charge on any atom is -0.478 e. The molecule has 2 nitrogen and oxygen atoms in total. The molecule has 0 amide bonds. The third-order valence-corrected chi connectivity index (χ3v) is 1.27. The Morgan fingerprint density at radius 2 is 2.00 bits per heavy atom. The lowest BCUT2D eigenvalue weighted by Gasteiger charge is -1.93. The van der Waals surface area contributed by atoms with E-state index < -0.39 is 5.97 Å². The van der Waals surface area contributed by atoms with Crippen LogP contribution in [-0.4, -0.2) is 11.1 Å². The average molecular weight is 164 g/mol. The van der Waals surface area contributed by atoms with Gasteiger partial charge < -0.3 is 5.11 Å². The molecule has 12 heavy (non-hydrogen) atoms. The molecule has 0 bridgehead atoms. The predicted octanol–water partition coefficient (Wildman–Crippen LogP) is 2.32. The Hall–Kier alpha value is -1.57. The molecule has 0 unspecified atom stereocenters. The van der Waals surface area contributed by atoms with E-state index in [4.69, 9.17) is 5.11 Å². The van der Waals surface area contributed by atoms with Crippen molar-refractivity contribution in [3.63, 3.8) is 0 Å². The first-order valence-corrected chi connectivity index (χ1v) is 3.48. The van der Waals surface area contributed by atoms with Gasteiger partial charge in [0.25, 0.3) is 0 Å². The van der Waals surface area contributed by atoms with E-state index in [1.807, 2.05) is 0 Å². The number of carboxylic acids is 1. The van der Waals surface area contributed by atoms with Crippen LogP contribution in [0.3, 0.4) is 0 Å². The third-order valence-electron chi connectivity index (χ3n) is 1.27. The lowest BCUT2D eigenvalue weighted by atomic mass is 10.1. The van der Waals surface area contributed by atoms with Gasteiger partial charge in [0, 0.05) is 5.57 Å². The molecule has 0 rings (SSSR count). The highest BCUT2D eigenvalue weighted by Gasteiger charge is 1.98. The van der Waals surface area contributed by atoms with Crippen LogP contribution in [0.1, 0.15) is 6.92 Å². The van der Waals surface area contributed by atoms with Crippen LogP contribution in [0.15, 0.2) is 48.6 Å². The van der Waals surface area contributed by atoms with Crippen molar-refractivity contribution in [3.05, 3.63) is 48.6 Å². The number of carboxylic acid groups (broad SMARTS) is 1. The lowest BCUT2D eigenvalue weighted by molar-refractivity contribution is -0.132. The Kier molecular flexibility index (Phi) is 4.46. The normalized spacial score (nSPS) is 12.4. The summed E-state index contributed by atoms with van der Waals surface area (Å²) in [5.41, 5.74) is 1.02.